The van der Waals surface area contributed by atoms with E-state index in [1.807, 2.05) is 0 Å². The summed E-state index contributed by atoms with van der Waals surface area (Å²) in [4.78, 5) is 24.2. The predicted octanol–water partition coefficient (Wildman–Crippen LogP) is 2.90. The fourth-order valence-electron chi connectivity index (χ4n) is 2.63. The van der Waals surface area contributed by atoms with Gasteiger partial charge in [0, 0.05) is 23.7 Å². The molecule has 0 aromatic heterocycles. The molecule has 6 nitrogen and oxygen atoms in total. The van der Waals surface area contributed by atoms with Crippen LogP contribution in [0.1, 0.15) is 23.2 Å². The van der Waals surface area contributed by atoms with Crippen molar-refractivity contribution in [1.29, 1.82) is 0 Å². The first-order valence-corrected chi connectivity index (χ1v) is 9.43. The Balaban J connectivity index is 1.59. The van der Waals surface area contributed by atoms with Gasteiger partial charge in [0.15, 0.2) is 0 Å². The van der Waals surface area contributed by atoms with Gasteiger partial charge < -0.3 is 5.32 Å². The van der Waals surface area contributed by atoms with Crippen molar-refractivity contribution in [3.8, 4) is 0 Å². The number of anilines is 1. The quantitative estimate of drug-likeness (QED) is 0.867. The van der Waals surface area contributed by atoms with Crippen molar-refractivity contribution in [2.24, 2.45) is 0 Å². The van der Waals surface area contributed by atoms with Gasteiger partial charge in [-0.15, -0.1) is 0 Å². The lowest BCUT2D eigenvalue weighted by molar-refractivity contribution is -0.116. The summed E-state index contributed by atoms with van der Waals surface area (Å²) in [6.07, 6.45) is 0.313. The molecule has 2 amide bonds. The molecule has 0 atom stereocenters. The van der Waals surface area contributed by atoms with Crippen LogP contribution in [0.25, 0.3) is 0 Å². The van der Waals surface area contributed by atoms with Gasteiger partial charge in [0.2, 0.25) is 5.91 Å². The lowest BCUT2D eigenvalue weighted by atomic mass is 10.2. The van der Waals surface area contributed by atoms with Crippen molar-refractivity contribution in [2.75, 3.05) is 11.9 Å². The summed E-state index contributed by atoms with van der Waals surface area (Å²) < 4.78 is 25.6. The molecule has 8 heteroatoms. The van der Waals surface area contributed by atoms with Crippen LogP contribution in [-0.2, 0) is 14.8 Å². The van der Waals surface area contributed by atoms with Crippen LogP contribution in [0.3, 0.4) is 0 Å². The van der Waals surface area contributed by atoms with Crippen molar-refractivity contribution in [2.45, 2.75) is 17.7 Å². The van der Waals surface area contributed by atoms with E-state index in [1.54, 1.807) is 36.4 Å². The molecular weight excluding hydrogens is 364 g/mol. The fraction of sp³-hybridized carbons (Fsp3) is 0.176. The Kier molecular flexibility index (Phi) is 4.78. The van der Waals surface area contributed by atoms with E-state index in [9.17, 15) is 18.0 Å². The summed E-state index contributed by atoms with van der Waals surface area (Å²) in [6, 6.07) is 12.8. The van der Waals surface area contributed by atoms with Crippen LogP contribution in [0.15, 0.2) is 53.4 Å². The largest absolute Gasteiger partial charge is 0.326 e. The fourth-order valence-corrected chi connectivity index (χ4v) is 4.42. The van der Waals surface area contributed by atoms with Crippen molar-refractivity contribution in [1.82, 2.24) is 4.31 Å². The topological polar surface area (TPSA) is 83.6 Å². The standard InChI is InChI=1S/C17H15ClN2O4S/c18-12-5-3-6-13(11-12)19-16(21)9-4-10-20-17(22)14-7-1-2-8-15(14)25(20,23)24/h1-3,5-8,11H,4,9-10H2,(H,19,21). The smallest absolute Gasteiger partial charge is 0.269 e. The van der Waals surface area contributed by atoms with Crippen molar-refractivity contribution in [3.63, 3.8) is 0 Å². The maximum absolute atomic E-state index is 12.4. The molecule has 0 unspecified atom stereocenters. The molecular formula is C17H15ClN2O4S. The van der Waals surface area contributed by atoms with Gasteiger partial charge in [-0.1, -0.05) is 29.8 Å². The number of nitrogens with zero attached hydrogens (tertiary/aromatic N) is 1. The molecule has 0 spiro atoms. The minimum absolute atomic E-state index is 0.0170. The molecule has 1 heterocycles. The van der Waals surface area contributed by atoms with Crippen LogP contribution < -0.4 is 5.32 Å². The molecule has 1 aliphatic heterocycles. The number of carbonyl (C=O) groups is 2. The van der Waals surface area contributed by atoms with E-state index in [2.05, 4.69) is 5.32 Å². The Hall–Kier alpha value is -2.38. The first-order chi connectivity index (χ1) is 11.9. The minimum Gasteiger partial charge on any atom is -0.326 e. The second kappa shape index (κ2) is 6.85. The second-order valence-corrected chi connectivity index (χ2v) is 7.81. The number of benzene rings is 2. The second-order valence-electron chi connectivity index (χ2n) is 5.54. The molecule has 2 aromatic rings. The number of amides is 2. The van der Waals surface area contributed by atoms with Crippen LogP contribution in [-0.4, -0.2) is 31.1 Å². The van der Waals surface area contributed by atoms with Gasteiger partial charge >= 0.3 is 0 Å². The Bertz CT molecular complexity index is 943. The number of rotatable bonds is 5. The zero-order valence-electron chi connectivity index (χ0n) is 13.1. The van der Waals surface area contributed by atoms with E-state index >= 15 is 0 Å². The molecule has 0 saturated carbocycles. The van der Waals surface area contributed by atoms with Gasteiger partial charge in [-0.05, 0) is 36.8 Å². The summed E-state index contributed by atoms with van der Waals surface area (Å²) >= 11 is 5.85. The zero-order valence-corrected chi connectivity index (χ0v) is 14.7. The summed E-state index contributed by atoms with van der Waals surface area (Å²) in [7, 11) is -3.82. The molecule has 0 saturated heterocycles. The lowest BCUT2D eigenvalue weighted by Gasteiger charge is -2.14. The molecule has 0 aliphatic carbocycles. The molecule has 1 N–H and O–H groups in total. The van der Waals surface area contributed by atoms with E-state index in [1.165, 1.54) is 12.1 Å². The number of hydrogen-bond donors (Lipinski definition) is 1. The number of fused-ring (bicyclic) bond motifs is 1. The molecule has 130 valence electrons. The van der Waals surface area contributed by atoms with Gasteiger partial charge in [0.05, 0.1) is 5.56 Å². The highest BCUT2D eigenvalue weighted by molar-refractivity contribution is 7.90. The van der Waals surface area contributed by atoms with Crippen LogP contribution >= 0.6 is 11.6 Å². The summed E-state index contributed by atoms with van der Waals surface area (Å²) in [5.41, 5.74) is 0.737. The highest BCUT2D eigenvalue weighted by Crippen LogP contribution is 2.30. The van der Waals surface area contributed by atoms with Gasteiger partial charge in [0.25, 0.3) is 15.9 Å². The molecule has 0 bridgehead atoms. The first-order valence-electron chi connectivity index (χ1n) is 7.61. The van der Waals surface area contributed by atoms with Crippen molar-refractivity contribution >= 4 is 39.1 Å². The average Bonchev–Trinajstić information content (AvgIpc) is 2.76. The Morgan fingerprint density at radius 2 is 1.88 bits per heavy atom. The normalized spacial score (nSPS) is 15.1. The molecule has 0 fully saturated rings. The maximum Gasteiger partial charge on any atom is 0.269 e. The molecule has 25 heavy (non-hydrogen) atoms. The summed E-state index contributed by atoms with van der Waals surface area (Å²) in [5.74, 6) is -0.824. The van der Waals surface area contributed by atoms with Crippen LogP contribution in [0.4, 0.5) is 5.69 Å². The molecule has 1 aliphatic rings. The summed E-state index contributed by atoms with van der Waals surface area (Å²) in [5, 5.41) is 3.18. The Morgan fingerprint density at radius 1 is 1.12 bits per heavy atom. The van der Waals surface area contributed by atoms with E-state index in [0.29, 0.717) is 10.7 Å². The van der Waals surface area contributed by atoms with Gasteiger partial charge in [0.1, 0.15) is 4.90 Å². The van der Waals surface area contributed by atoms with Gasteiger partial charge in [-0.25, -0.2) is 12.7 Å². The number of nitrogens with one attached hydrogen (secondary N) is 1. The Morgan fingerprint density at radius 3 is 2.60 bits per heavy atom. The van der Waals surface area contributed by atoms with Gasteiger partial charge in [-0.3, -0.25) is 9.59 Å². The van der Waals surface area contributed by atoms with Crippen molar-refractivity contribution < 1.29 is 18.0 Å². The number of hydrogen-bond acceptors (Lipinski definition) is 4. The number of sulfonamides is 1. The predicted molar refractivity (Wildman–Crippen MR) is 94.0 cm³/mol. The van der Waals surface area contributed by atoms with Crippen LogP contribution in [0.2, 0.25) is 5.02 Å². The first kappa shape index (κ1) is 17.4. The average molecular weight is 379 g/mol. The van der Waals surface area contributed by atoms with E-state index in [-0.39, 0.29) is 35.8 Å². The number of halogens is 1. The summed E-state index contributed by atoms with van der Waals surface area (Å²) in [6.45, 7) is -0.0428. The highest BCUT2D eigenvalue weighted by Gasteiger charge is 2.40. The van der Waals surface area contributed by atoms with Crippen molar-refractivity contribution in [3.05, 3.63) is 59.1 Å². The monoisotopic (exact) mass is 378 g/mol. The lowest BCUT2D eigenvalue weighted by Crippen LogP contribution is -2.31. The highest BCUT2D eigenvalue weighted by atomic mass is 35.5. The third kappa shape index (κ3) is 3.52. The SMILES string of the molecule is O=C(CCCN1C(=O)c2ccccc2S1(=O)=O)Nc1cccc(Cl)c1. The Labute approximate surface area is 150 Å². The number of carbonyl (C=O) groups excluding carboxylic acids is 2. The molecule has 2 aromatic carbocycles. The molecule has 3 rings (SSSR count). The minimum atomic E-state index is -3.82. The zero-order chi connectivity index (χ0) is 18.0. The maximum atomic E-state index is 12.4. The third-order valence-electron chi connectivity index (χ3n) is 3.79. The van der Waals surface area contributed by atoms with Crippen LogP contribution in [0.5, 0.6) is 0 Å². The third-order valence-corrected chi connectivity index (χ3v) is 5.86. The van der Waals surface area contributed by atoms with E-state index in [4.69, 9.17) is 11.6 Å². The van der Waals surface area contributed by atoms with E-state index in [0.717, 1.165) is 4.31 Å². The molecule has 0 radical (unpaired) electrons. The van der Waals surface area contributed by atoms with Crippen LogP contribution in [0, 0.1) is 0 Å². The van der Waals surface area contributed by atoms with E-state index < -0.39 is 15.9 Å². The van der Waals surface area contributed by atoms with Gasteiger partial charge in [-0.2, -0.15) is 0 Å².